The second-order valence-corrected chi connectivity index (χ2v) is 6.04. The summed E-state index contributed by atoms with van der Waals surface area (Å²) >= 11 is 0. The van der Waals surface area contributed by atoms with Crippen molar-refractivity contribution in [2.45, 2.75) is 26.7 Å². The van der Waals surface area contributed by atoms with E-state index in [4.69, 9.17) is 9.15 Å². The number of nitro groups is 1. The highest BCUT2D eigenvalue weighted by Gasteiger charge is 2.18. The van der Waals surface area contributed by atoms with Crippen LogP contribution in [0.2, 0.25) is 0 Å². The van der Waals surface area contributed by atoms with Crippen molar-refractivity contribution in [3.8, 4) is 5.75 Å². The highest BCUT2D eigenvalue weighted by atomic mass is 16.6. The molecule has 1 N–H and O–H groups in total. The Bertz CT molecular complexity index is 993. The molecular weight excluding hydrogens is 348 g/mol. The quantitative estimate of drug-likeness (QED) is 0.490. The van der Waals surface area contributed by atoms with Crippen LogP contribution in [-0.2, 0) is 17.6 Å². The van der Waals surface area contributed by atoms with Gasteiger partial charge in [-0.15, -0.1) is 0 Å². The topological polar surface area (TPSA) is 94.6 Å². The zero-order valence-corrected chi connectivity index (χ0v) is 15.2. The molecule has 0 aliphatic rings. The van der Waals surface area contributed by atoms with Gasteiger partial charge in [-0.25, -0.2) is 0 Å². The fourth-order valence-corrected chi connectivity index (χ4v) is 2.88. The molecule has 3 rings (SSSR count). The van der Waals surface area contributed by atoms with Crippen molar-refractivity contribution in [2.75, 3.05) is 11.9 Å². The van der Waals surface area contributed by atoms with Crippen molar-refractivity contribution in [1.82, 2.24) is 0 Å². The van der Waals surface area contributed by atoms with Gasteiger partial charge in [-0.1, -0.05) is 13.0 Å². The van der Waals surface area contributed by atoms with E-state index in [9.17, 15) is 14.9 Å². The summed E-state index contributed by atoms with van der Waals surface area (Å²) in [6.45, 7) is 4.25. The molecule has 0 atom stereocenters. The first-order valence-electron chi connectivity index (χ1n) is 8.72. The number of aryl methyl sites for hydroxylation is 1. The van der Waals surface area contributed by atoms with Gasteiger partial charge < -0.3 is 14.5 Å². The molecule has 27 heavy (non-hydrogen) atoms. The van der Waals surface area contributed by atoms with Crippen LogP contribution in [-0.4, -0.2) is 17.4 Å². The van der Waals surface area contributed by atoms with E-state index in [1.54, 1.807) is 19.3 Å². The summed E-state index contributed by atoms with van der Waals surface area (Å²) in [5.74, 6) is 0.0296. The van der Waals surface area contributed by atoms with E-state index in [0.717, 1.165) is 22.9 Å². The Morgan fingerprint density at radius 1 is 1.22 bits per heavy atom. The lowest BCUT2D eigenvalue weighted by Crippen LogP contribution is -2.15. The third-order valence-electron chi connectivity index (χ3n) is 4.23. The van der Waals surface area contributed by atoms with Gasteiger partial charge in [0.2, 0.25) is 5.91 Å². The van der Waals surface area contributed by atoms with Crippen molar-refractivity contribution in [3.63, 3.8) is 0 Å². The molecule has 0 fully saturated rings. The monoisotopic (exact) mass is 368 g/mol. The Hall–Kier alpha value is -3.35. The van der Waals surface area contributed by atoms with Crippen molar-refractivity contribution in [2.24, 2.45) is 0 Å². The first-order chi connectivity index (χ1) is 13.0. The fraction of sp³-hybridized carbons (Fsp3) is 0.250. The molecule has 0 saturated heterocycles. The first kappa shape index (κ1) is 18.4. The molecule has 1 heterocycles. The largest absolute Gasteiger partial charge is 0.494 e. The molecule has 0 aliphatic heterocycles. The van der Waals surface area contributed by atoms with E-state index >= 15 is 0 Å². The maximum atomic E-state index is 12.5. The van der Waals surface area contributed by atoms with Crippen LogP contribution in [0.15, 0.2) is 47.1 Å². The van der Waals surface area contributed by atoms with Crippen molar-refractivity contribution in [1.29, 1.82) is 0 Å². The number of nitrogens with zero attached hydrogens (tertiary/aromatic N) is 1. The standard InChI is InChI=1S/C20H20N2O5/c1-3-13-5-8-19-16(9-13)14(12-27-19)10-20(23)21-17-7-6-15(26-4-2)11-18(17)22(24)25/h5-9,11-12H,3-4,10H2,1-2H3,(H,21,23). The number of rotatable bonds is 7. The Balaban J connectivity index is 1.81. The molecule has 1 aromatic heterocycles. The van der Waals surface area contributed by atoms with Gasteiger partial charge in [0.1, 0.15) is 17.0 Å². The van der Waals surface area contributed by atoms with Crippen LogP contribution in [0.25, 0.3) is 11.0 Å². The van der Waals surface area contributed by atoms with E-state index in [0.29, 0.717) is 17.9 Å². The zero-order chi connectivity index (χ0) is 19.4. The average molecular weight is 368 g/mol. The molecule has 7 heteroatoms. The highest BCUT2D eigenvalue weighted by Crippen LogP contribution is 2.30. The lowest BCUT2D eigenvalue weighted by molar-refractivity contribution is -0.384. The molecule has 0 bridgehead atoms. The number of carbonyl (C=O) groups excluding carboxylic acids is 1. The van der Waals surface area contributed by atoms with Gasteiger partial charge in [-0.05, 0) is 43.2 Å². The van der Waals surface area contributed by atoms with Crippen LogP contribution in [0, 0.1) is 10.1 Å². The van der Waals surface area contributed by atoms with Gasteiger partial charge in [-0.3, -0.25) is 14.9 Å². The summed E-state index contributed by atoms with van der Waals surface area (Å²) in [6.07, 6.45) is 2.49. The number of furan rings is 1. The number of benzene rings is 2. The number of ether oxygens (including phenoxy) is 1. The summed E-state index contributed by atoms with van der Waals surface area (Å²) in [7, 11) is 0. The van der Waals surface area contributed by atoms with Crippen LogP contribution >= 0.6 is 0 Å². The number of hydrogen-bond donors (Lipinski definition) is 1. The Morgan fingerprint density at radius 3 is 2.74 bits per heavy atom. The predicted octanol–water partition coefficient (Wildman–Crippen LogP) is 4.48. The maximum Gasteiger partial charge on any atom is 0.296 e. The molecule has 3 aromatic rings. The lowest BCUT2D eigenvalue weighted by Gasteiger charge is -2.08. The van der Waals surface area contributed by atoms with Crippen molar-refractivity contribution >= 4 is 28.3 Å². The van der Waals surface area contributed by atoms with Crippen LogP contribution in [0.5, 0.6) is 5.75 Å². The normalized spacial score (nSPS) is 10.7. The highest BCUT2D eigenvalue weighted by molar-refractivity contribution is 5.97. The number of hydrogen-bond acceptors (Lipinski definition) is 5. The van der Waals surface area contributed by atoms with E-state index in [2.05, 4.69) is 12.2 Å². The predicted molar refractivity (Wildman–Crippen MR) is 102 cm³/mol. The summed E-state index contributed by atoms with van der Waals surface area (Å²) in [4.78, 5) is 23.2. The molecule has 140 valence electrons. The minimum atomic E-state index is -0.543. The number of nitrogens with one attached hydrogen (secondary N) is 1. The number of anilines is 1. The van der Waals surface area contributed by atoms with Crippen molar-refractivity contribution < 1.29 is 18.9 Å². The zero-order valence-electron chi connectivity index (χ0n) is 15.2. The molecule has 2 aromatic carbocycles. The smallest absolute Gasteiger partial charge is 0.296 e. The minimum Gasteiger partial charge on any atom is -0.494 e. The second-order valence-electron chi connectivity index (χ2n) is 6.04. The summed E-state index contributed by atoms with van der Waals surface area (Å²) in [5, 5.41) is 14.8. The Labute approximate surface area is 156 Å². The van der Waals surface area contributed by atoms with Gasteiger partial charge >= 0.3 is 0 Å². The number of carbonyl (C=O) groups is 1. The fourth-order valence-electron chi connectivity index (χ4n) is 2.88. The molecule has 1 amide bonds. The van der Waals surface area contributed by atoms with Crippen LogP contribution in [0.3, 0.4) is 0 Å². The van der Waals surface area contributed by atoms with E-state index in [1.165, 1.54) is 12.1 Å². The van der Waals surface area contributed by atoms with Gasteiger partial charge in [0.25, 0.3) is 5.69 Å². The average Bonchev–Trinajstić information content (AvgIpc) is 3.04. The third kappa shape index (κ3) is 4.08. The second kappa shape index (κ2) is 7.90. The van der Waals surface area contributed by atoms with Gasteiger partial charge in [0, 0.05) is 10.9 Å². The SMILES string of the molecule is CCOc1ccc(NC(=O)Cc2coc3ccc(CC)cc23)c([N+](=O)[O-])c1. The molecule has 7 nitrogen and oxygen atoms in total. The lowest BCUT2D eigenvalue weighted by atomic mass is 10.1. The van der Waals surface area contributed by atoms with Gasteiger partial charge in [-0.2, -0.15) is 0 Å². The molecule has 0 aliphatic carbocycles. The van der Waals surface area contributed by atoms with Crippen molar-refractivity contribution in [3.05, 3.63) is 63.9 Å². The summed E-state index contributed by atoms with van der Waals surface area (Å²) in [6, 6.07) is 10.2. The Morgan fingerprint density at radius 2 is 2.04 bits per heavy atom. The van der Waals surface area contributed by atoms with Gasteiger partial charge in [0.05, 0.1) is 30.3 Å². The molecule has 0 unspecified atom stereocenters. The Kier molecular flexibility index (Phi) is 5.40. The number of nitro benzene ring substituents is 1. The first-order valence-corrected chi connectivity index (χ1v) is 8.72. The summed E-state index contributed by atoms with van der Waals surface area (Å²) < 4.78 is 10.8. The molecule has 0 radical (unpaired) electrons. The van der Waals surface area contributed by atoms with E-state index in [1.807, 2.05) is 18.2 Å². The number of fused-ring (bicyclic) bond motifs is 1. The third-order valence-corrected chi connectivity index (χ3v) is 4.23. The molecule has 0 spiro atoms. The van der Waals surface area contributed by atoms with Crippen LogP contribution in [0.1, 0.15) is 25.0 Å². The molecular formula is C20H20N2O5. The van der Waals surface area contributed by atoms with Crippen LogP contribution < -0.4 is 10.1 Å². The minimum absolute atomic E-state index is 0.0601. The molecule has 0 saturated carbocycles. The van der Waals surface area contributed by atoms with Crippen LogP contribution in [0.4, 0.5) is 11.4 Å². The summed E-state index contributed by atoms with van der Waals surface area (Å²) in [5.41, 5.74) is 2.52. The van der Waals surface area contributed by atoms with E-state index in [-0.39, 0.29) is 23.7 Å². The number of amides is 1. The van der Waals surface area contributed by atoms with E-state index < -0.39 is 4.92 Å². The maximum absolute atomic E-state index is 12.5. The van der Waals surface area contributed by atoms with Gasteiger partial charge in [0.15, 0.2) is 0 Å².